The molecular formula is C26H23N3O4. The molecule has 0 aliphatic carbocycles. The van der Waals surface area contributed by atoms with Gasteiger partial charge in [-0.25, -0.2) is 4.98 Å². The van der Waals surface area contributed by atoms with Gasteiger partial charge in [-0.05, 0) is 36.4 Å². The van der Waals surface area contributed by atoms with E-state index < -0.39 is 0 Å². The molecule has 1 fully saturated rings. The van der Waals surface area contributed by atoms with Crippen LogP contribution in [-0.2, 0) is 0 Å². The van der Waals surface area contributed by atoms with Gasteiger partial charge in [0.25, 0.3) is 11.8 Å². The third-order valence-electron chi connectivity index (χ3n) is 5.90. The van der Waals surface area contributed by atoms with Crippen LogP contribution < -0.4 is 4.74 Å². The maximum Gasteiger partial charge on any atom is 0.289 e. The summed E-state index contributed by atoms with van der Waals surface area (Å²) >= 11 is 0. The van der Waals surface area contributed by atoms with Crippen molar-refractivity contribution in [2.75, 3.05) is 33.3 Å². The van der Waals surface area contributed by atoms with E-state index in [9.17, 15) is 9.59 Å². The highest BCUT2D eigenvalue weighted by atomic mass is 16.5. The number of amides is 2. The maximum absolute atomic E-state index is 13.6. The molecule has 0 saturated carbocycles. The minimum Gasteiger partial charge on any atom is -0.497 e. The van der Waals surface area contributed by atoms with Crippen LogP contribution in [0.5, 0.6) is 5.75 Å². The van der Waals surface area contributed by atoms with Crippen LogP contribution in [0.15, 0.2) is 77.4 Å². The lowest BCUT2D eigenvalue weighted by atomic mass is 10.0. The lowest BCUT2D eigenvalue weighted by molar-refractivity contribution is 0.0519. The summed E-state index contributed by atoms with van der Waals surface area (Å²) in [5.74, 6) is 0.740. The fourth-order valence-electron chi connectivity index (χ4n) is 4.10. The van der Waals surface area contributed by atoms with Crippen LogP contribution in [0, 0.1) is 0 Å². The summed E-state index contributed by atoms with van der Waals surface area (Å²) in [7, 11) is 1.60. The molecule has 7 heteroatoms. The highest BCUT2D eigenvalue weighted by Crippen LogP contribution is 2.29. The quantitative estimate of drug-likeness (QED) is 0.477. The van der Waals surface area contributed by atoms with Gasteiger partial charge in [-0.1, -0.05) is 30.3 Å². The standard InChI is InChI=1S/C26H23N3O4/c1-32-19-9-10-22-20(16-19)21(17-23(27-22)18-6-3-2-4-7-18)25(30)28-11-13-29(14-12-28)26(31)24-8-5-15-33-24/h2-10,15-17H,11-14H2,1H3. The summed E-state index contributed by atoms with van der Waals surface area (Å²) in [6.07, 6.45) is 1.49. The van der Waals surface area contributed by atoms with E-state index in [1.165, 1.54) is 6.26 Å². The van der Waals surface area contributed by atoms with Gasteiger partial charge >= 0.3 is 0 Å². The van der Waals surface area contributed by atoms with E-state index in [1.807, 2.05) is 54.6 Å². The lowest BCUT2D eigenvalue weighted by Crippen LogP contribution is -2.50. The van der Waals surface area contributed by atoms with Crippen molar-refractivity contribution in [2.24, 2.45) is 0 Å². The number of benzene rings is 2. The van der Waals surface area contributed by atoms with E-state index >= 15 is 0 Å². The Morgan fingerprint density at radius 2 is 1.61 bits per heavy atom. The molecule has 1 aliphatic rings. The number of methoxy groups -OCH3 is 1. The Kier molecular flexibility index (Phi) is 5.52. The van der Waals surface area contributed by atoms with E-state index in [2.05, 4.69) is 0 Å². The topological polar surface area (TPSA) is 75.9 Å². The number of carbonyl (C=O) groups excluding carboxylic acids is 2. The molecule has 0 spiro atoms. The molecule has 5 rings (SSSR count). The van der Waals surface area contributed by atoms with Gasteiger partial charge in [0, 0.05) is 37.1 Å². The number of fused-ring (bicyclic) bond motifs is 1. The molecule has 2 aromatic carbocycles. The summed E-state index contributed by atoms with van der Waals surface area (Å²) in [4.78, 5) is 34.5. The largest absolute Gasteiger partial charge is 0.497 e. The van der Waals surface area contributed by atoms with Crippen molar-refractivity contribution < 1.29 is 18.7 Å². The van der Waals surface area contributed by atoms with Crippen LogP contribution in [0.4, 0.5) is 0 Å². The summed E-state index contributed by atoms with van der Waals surface area (Å²) in [6.45, 7) is 1.78. The Morgan fingerprint density at radius 3 is 2.27 bits per heavy atom. The van der Waals surface area contributed by atoms with Crippen LogP contribution in [0.2, 0.25) is 0 Å². The predicted molar refractivity (Wildman–Crippen MR) is 124 cm³/mol. The number of hydrogen-bond acceptors (Lipinski definition) is 5. The van der Waals surface area contributed by atoms with E-state index in [0.29, 0.717) is 43.3 Å². The zero-order chi connectivity index (χ0) is 22.8. The number of carbonyl (C=O) groups is 2. The van der Waals surface area contributed by atoms with Crippen molar-refractivity contribution in [3.63, 3.8) is 0 Å². The zero-order valence-electron chi connectivity index (χ0n) is 18.2. The molecule has 0 unspecified atom stereocenters. The lowest BCUT2D eigenvalue weighted by Gasteiger charge is -2.34. The number of piperazine rings is 1. The van der Waals surface area contributed by atoms with Crippen molar-refractivity contribution in [3.05, 3.63) is 84.3 Å². The van der Waals surface area contributed by atoms with Crippen LogP contribution in [0.1, 0.15) is 20.9 Å². The molecule has 1 aliphatic heterocycles. The fraction of sp³-hybridized carbons (Fsp3) is 0.192. The van der Waals surface area contributed by atoms with Crippen LogP contribution in [0.3, 0.4) is 0 Å². The number of pyridine rings is 1. The van der Waals surface area contributed by atoms with Crippen LogP contribution >= 0.6 is 0 Å². The predicted octanol–water partition coefficient (Wildman–Crippen LogP) is 4.10. The first kappa shape index (κ1) is 20.8. The molecule has 3 heterocycles. The molecule has 1 saturated heterocycles. The van der Waals surface area contributed by atoms with Crippen LogP contribution in [0.25, 0.3) is 22.2 Å². The Hall–Kier alpha value is -4.13. The van der Waals surface area contributed by atoms with Crippen molar-refractivity contribution in [2.45, 2.75) is 0 Å². The number of nitrogens with zero attached hydrogens (tertiary/aromatic N) is 3. The van der Waals surface area contributed by atoms with Gasteiger partial charge in [-0.2, -0.15) is 0 Å². The van der Waals surface area contributed by atoms with Gasteiger partial charge in [-0.15, -0.1) is 0 Å². The second-order valence-electron chi connectivity index (χ2n) is 7.87. The van der Waals surface area contributed by atoms with Crippen molar-refractivity contribution in [3.8, 4) is 17.0 Å². The zero-order valence-corrected chi connectivity index (χ0v) is 18.2. The normalized spacial score (nSPS) is 13.8. The average molecular weight is 441 g/mol. The third kappa shape index (κ3) is 4.05. The first-order valence-electron chi connectivity index (χ1n) is 10.8. The van der Waals surface area contributed by atoms with Gasteiger partial charge in [0.2, 0.25) is 0 Å². The molecule has 0 bridgehead atoms. The molecule has 33 heavy (non-hydrogen) atoms. The Morgan fingerprint density at radius 1 is 0.879 bits per heavy atom. The Bertz CT molecular complexity index is 1290. The molecule has 0 atom stereocenters. The second kappa shape index (κ2) is 8.78. The number of rotatable bonds is 4. The summed E-state index contributed by atoms with van der Waals surface area (Å²) in [5.41, 5.74) is 2.98. The summed E-state index contributed by atoms with van der Waals surface area (Å²) in [6, 6.07) is 20.6. The van der Waals surface area contributed by atoms with E-state index in [-0.39, 0.29) is 11.8 Å². The molecule has 0 radical (unpaired) electrons. The van der Waals surface area contributed by atoms with Gasteiger partial charge in [0.05, 0.1) is 30.1 Å². The van der Waals surface area contributed by atoms with Crippen molar-refractivity contribution >= 4 is 22.7 Å². The molecule has 2 aromatic heterocycles. The van der Waals surface area contributed by atoms with Crippen molar-refractivity contribution in [1.82, 2.24) is 14.8 Å². The van der Waals surface area contributed by atoms with Gasteiger partial charge in [-0.3, -0.25) is 9.59 Å². The Labute approximate surface area is 191 Å². The number of ether oxygens (including phenoxy) is 1. The molecule has 0 N–H and O–H groups in total. The SMILES string of the molecule is COc1ccc2nc(-c3ccccc3)cc(C(=O)N3CCN(C(=O)c4ccco4)CC3)c2c1. The van der Waals surface area contributed by atoms with Gasteiger partial charge in [0.15, 0.2) is 5.76 Å². The molecule has 7 nitrogen and oxygen atoms in total. The van der Waals surface area contributed by atoms with Gasteiger partial charge < -0.3 is 19.0 Å². The molecular weight excluding hydrogens is 418 g/mol. The second-order valence-corrected chi connectivity index (χ2v) is 7.87. The number of furan rings is 1. The maximum atomic E-state index is 13.6. The molecule has 2 amide bonds. The third-order valence-corrected chi connectivity index (χ3v) is 5.90. The summed E-state index contributed by atoms with van der Waals surface area (Å²) < 4.78 is 10.6. The Balaban J connectivity index is 1.45. The monoisotopic (exact) mass is 441 g/mol. The molecule has 4 aromatic rings. The molecule has 166 valence electrons. The summed E-state index contributed by atoms with van der Waals surface area (Å²) in [5, 5.41) is 0.744. The first-order chi connectivity index (χ1) is 16.1. The van der Waals surface area contributed by atoms with Crippen molar-refractivity contribution in [1.29, 1.82) is 0 Å². The smallest absolute Gasteiger partial charge is 0.289 e. The van der Waals surface area contributed by atoms with Crippen LogP contribution in [-0.4, -0.2) is 59.9 Å². The first-order valence-corrected chi connectivity index (χ1v) is 10.8. The van der Waals surface area contributed by atoms with E-state index in [1.54, 1.807) is 29.0 Å². The average Bonchev–Trinajstić information content (AvgIpc) is 3.42. The highest BCUT2D eigenvalue weighted by Gasteiger charge is 2.28. The minimum atomic E-state index is -0.155. The number of aromatic nitrogens is 1. The van der Waals surface area contributed by atoms with E-state index in [0.717, 1.165) is 22.2 Å². The minimum absolute atomic E-state index is 0.0852. The van der Waals surface area contributed by atoms with E-state index in [4.69, 9.17) is 14.1 Å². The number of hydrogen-bond donors (Lipinski definition) is 0. The van der Waals surface area contributed by atoms with Gasteiger partial charge in [0.1, 0.15) is 5.75 Å². The fourth-order valence-corrected chi connectivity index (χ4v) is 4.10. The highest BCUT2D eigenvalue weighted by molar-refractivity contribution is 6.07.